The number of aromatic amines is 1. The second-order valence-corrected chi connectivity index (χ2v) is 3.03. The summed E-state index contributed by atoms with van der Waals surface area (Å²) in [5, 5.41) is 6.96. The normalized spacial score (nSPS) is 16.9. The Labute approximate surface area is 66.9 Å². The van der Waals surface area contributed by atoms with Crippen molar-refractivity contribution in [2.75, 3.05) is 6.61 Å². The van der Waals surface area contributed by atoms with Gasteiger partial charge in [-0.1, -0.05) is 0 Å². The Bertz CT molecular complexity index is 246. The number of ether oxygens (including phenoxy) is 1. The summed E-state index contributed by atoms with van der Waals surface area (Å²) in [5.74, 6) is 0. The quantitative estimate of drug-likeness (QED) is 0.688. The third kappa shape index (κ3) is 0.876. The number of nitrogens with zero attached hydrogens (tertiary/aromatic N) is 1. The summed E-state index contributed by atoms with van der Waals surface area (Å²) in [6.07, 6.45) is 0.952. The minimum atomic E-state index is 0.687. The van der Waals surface area contributed by atoms with Gasteiger partial charge in [-0.3, -0.25) is 5.10 Å². The highest BCUT2D eigenvalue weighted by molar-refractivity contribution is 9.10. The lowest BCUT2D eigenvalue weighted by Crippen LogP contribution is -2.08. The van der Waals surface area contributed by atoms with Gasteiger partial charge in [0.1, 0.15) is 4.60 Å². The predicted octanol–water partition coefficient (Wildman–Crippen LogP) is 1.24. The van der Waals surface area contributed by atoms with Crippen LogP contribution in [0.2, 0.25) is 0 Å². The maximum absolute atomic E-state index is 5.25. The Hall–Kier alpha value is -0.350. The Morgan fingerprint density at radius 1 is 1.60 bits per heavy atom. The van der Waals surface area contributed by atoms with Gasteiger partial charge in [-0.2, -0.15) is 5.10 Å². The maximum Gasteiger partial charge on any atom is 0.133 e. The number of hydrogen-bond donors (Lipinski definition) is 1. The molecule has 0 aromatic carbocycles. The van der Waals surface area contributed by atoms with Gasteiger partial charge in [0.05, 0.1) is 13.2 Å². The zero-order chi connectivity index (χ0) is 6.97. The van der Waals surface area contributed by atoms with Crippen LogP contribution in [0.15, 0.2) is 4.60 Å². The molecule has 0 radical (unpaired) electrons. The summed E-state index contributed by atoms with van der Waals surface area (Å²) in [5.41, 5.74) is 2.38. The van der Waals surface area contributed by atoms with Crippen LogP contribution in [0.3, 0.4) is 0 Å². The van der Waals surface area contributed by atoms with Crippen molar-refractivity contribution >= 4 is 15.9 Å². The van der Waals surface area contributed by atoms with Gasteiger partial charge in [0.2, 0.25) is 0 Å². The molecule has 0 fully saturated rings. The monoisotopic (exact) mass is 202 g/mol. The highest BCUT2D eigenvalue weighted by atomic mass is 79.9. The van der Waals surface area contributed by atoms with Crippen molar-refractivity contribution in [2.24, 2.45) is 0 Å². The zero-order valence-corrected chi connectivity index (χ0v) is 6.94. The van der Waals surface area contributed by atoms with Crippen LogP contribution < -0.4 is 0 Å². The van der Waals surface area contributed by atoms with Crippen LogP contribution in [0, 0.1) is 0 Å². The van der Waals surface area contributed by atoms with Crippen molar-refractivity contribution in [1.29, 1.82) is 0 Å². The van der Waals surface area contributed by atoms with Gasteiger partial charge in [-0.05, 0) is 15.9 Å². The molecule has 2 rings (SSSR count). The molecule has 1 aliphatic heterocycles. The molecule has 0 bridgehead atoms. The highest BCUT2D eigenvalue weighted by Gasteiger charge is 2.14. The van der Waals surface area contributed by atoms with E-state index >= 15 is 0 Å². The number of halogens is 1. The Kier molecular flexibility index (Phi) is 1.50. The van der Waals surface area contributed by atoms with Crippen LogP contribution >= 0.6 is 15.9 Å². The third-order valence-electron chi connectivity index (χ3n) is 1.65. The Morgan fingerprint density at radius 3 is 3.30 bits per heavy atom. The van der Waals surface area contributed by atoms with E-state index in [1.807, 2.05) is 0 Å². The summed E-state index contributed by atoms with van der Waals surface area (Å²) < 4.78 is 6.14. The average molecular weight is 203 g/mol. The summed E-state index contributed by atoms with van der Waals surface area (Å²) in [7, 11) is 0. The van der Waals surface area contributed by atoms with Crippen LogP contribution in [0.25, 0.3) is 0 Å². The first-order valence-electron chi connectivity index (χ1n) is 3.17. The summed E-state index contributed by atoms with van der Waals surface area (Å²) in [6.45, 7) is 1.49. The first kappa shape index (κ1) is 6.37. The molecule has 3 nitrogen and oxygen atoms in total. The van der Waals surface area contributed by atoms with E-state index < -0.39 is 0 Å². The second-order valence-electron chi connectivity index (χ2n) is 2.27. The molecule has 2 heterocycles. The molecule has 10 heavy (non-hydrogen) atoms. The number of H-pyrrole nitrogens is 1. The molecule has 0 amide bonds. The van der Waals surface area contributed by atoms with Crippen molar-refractivity contribution < 1.29 is 4.74 Å². The van der Waals surface area contributed by atoms with Gasteiger partial charge in [0.15, 0.2) is 0 Å². The van der Waals surface area contributed by atoms with E-state index in [0.29, 0.717) is 6.61 Å². The van der Waals surface area contributed by atoms with E-state index in [9.17, 15) is 0 Å². The van der Waals surface area contributed by atoms with Gasteiger partial charge in [-0.15, -0.1) is 0 Å². The molecule has 0 spiro atoms. The van der Waals surface area contributed by atoms with Crippen molar-refractivity contribution in [2.45, 2.75) is 13.0 Å². The van der Waals surface area contributed by atoms with E-state index in [-0.39, 0.29) is 0 Å². The molecule has 1 aliphatic rings. The van der Waals surface area contributed by atoms with E-state index in [2.05, 4.69) is 26.1 Å². The van der Waals surface area contributed by atoms with Crippen LogP contribution in [-0.4, -0.2) is 16.8 Å². The number of aromatic nitrogens is 2. The molecular formula is C6H7BrN2O. The average Bonchev–Trinajstić information content (AvgIpc) is 2.34. The van der Waals surface area contributed by atoms with Gasteiger partial charge >= 0.3 is 0 Å². The molecule has 4 heteroatoms. The van der Waals surface area contributed by atoms with Crippen LogP contribution in [0.1, 0.15) is 11.3 Å². The Morgan fingerprint density at radius 2 is 2.50 bits per heavy atom. The number of rotatable bonds is 0. The van der Waals surface area contributed by atoms with Crippen LogP contribution in [0.4, 0.5) is 0 Å². The van der Waals surface area contributed by atoms with E-state index in [1.165, 1.54) is 11.3 Å². The first-order chi connectivity index (χ1) is 4.88. The molecule has 0 unspecified atom stereocenters. The minimum absolute atomic E-state index is 0.687. The van der Waals surface area contributed by atoms with Gasteiger partial charge in [0.25, 0.3) is 0 Å². The second kappa shape index (κ2) is 2.36. The van der Waals surface area contributed by atoms with E-state index in [4.69, 9.17) is 4.74 Å². The zero-order valence-electron chi connectivity index (χ0n) is 5.35. The molecule has 0 saturated carbocycles. The number of hydrogen-bond acceptors (Lipinski definition) is 2. The third-order valence-corrected chi connectivity index (χ3v) is 2.30. The summed E-state index contributed by atoms with van der Waals surface area (Å²) >= 11 is 3.33. The summed E-state index contributed by atoms with van der Waals surface area (Å²) in [6, 6.07) is 0. The fourth-order valence-electron chi connectivity index (χ4n) is 1.08. The molecule has 1 N–H and O–H groups in total. The standard InChI is InChI=1S/C6H7BrN2O/c7-6-4-3-10-2-1-5(4)8-9-6/h1-3H2,(H,8,9). The Balaban J connectivity index is 2.45. The SMILES string of the molecule is Brc1n[nH]c2c1COCC2. The van der Waals surface area contributed by atoms with Crippen molar-refractivity contribution in [3.8, 4) is 0 Å². The summed E-state index contributed by atoms with van der Waals surface area (Å²) in [4.78, 5) is 0. The van der Waals surface area contributed by atoms with Gasteiger partial charge in [0, 0.05) is 17.7 Å². The largest absolute Gasteiger partial charge is 0.376 e. The lowest BCUT2D eigenvalue weighted by Gasteiger charge is -2.10. The minimum Gasteiger partial charge on any atom is -0.376 e. The molecule has 1 aromatic rings. The fraction of sp³-hybridized carbons (Fsp3) is 0.500. The molecule has 0 saturated heterocycles. The fourth-order valence-corrected chi connectivity index (χ4v) is 1.52. The highest BCUT2D eigenvalue weighted by Crippen LogP contribution is 2.21. The van der Waals surface area contributed by atoms with Gasteiger partial charge < -0.3 is 4.74 Å². The molecule has 0 atom stereocenters. The molecular weight excluding hydrogens is 196 g/mol. The van der Waals surface area contributed by atoms with E-state index in [1.54, 1.807) is 0 Å². The predicted molar refractivity (Wildman–Crippen MR) is 39.6 cm³/mol. The van der Waals surface area contributed by atoms with Crippen LogP contribution in [-0.2, 0) is 17.8 Å². The molecule has 1 aromatic heterocycles. The smallest absolute Gasteiger partial charge is 0.133 e. The van der Waals surface area contributed by atoms with Crippen molar-refractivity contribution in [3.63, 3.8) is 0 Å². The lowest BCUT2D eigenvalue weighted by molar-refractivity contribution is 0.110. The van der Waals surface area contributed by atoms with Crippen molar-refractivity contribution in [1.82, 2.24) is 10.2 Å². The van der Waals surface area contributed by atoms with E-state index in [0.717, 1.165) is 17.6 Å². The number of nitrogens with one attached hydrogen (secondary N) is 1. The van der Waals surface area contributed by atoms with Crippen LogP contribution in [0.5, 0.6) is 0 Å². The lowest BCUT2D eigenvalue weighted by atomic mass is 10.2. The van der Waals surface area contributed by atoms with Crippen molar-refractivity contribution in [3.05, 3.63) is 15.9 Å². The first-order valence-corrected chi connectivity index (χ1v) is 3.96. The molecule has 0 aliphatic carbocycles. The number of fused-ring (bicyclic) bond motifs is 1. The van der Waals surface area contributed by atoms with Gasteiger partial charge in [-0.25, -0.2) is 0 Å². The maximum atomic E-state index is 5.25. The topological polar surface area (TPSA) is 37.9 Å². The molecule has 54 valence electrons.